The molecule has 2 aromatic carbocycles. The van der Waals surface area contributed by atoms with Crippen LogP contribution in [-0.2, 0) is 6.61 Å². The van der Waals surface area contributed by atoms with Gasteiger partial charge in [0.15, 0.2) is 0 Å². The van der Waals surface area contributed by atoms with Crippen LogP contribution in [0.25, 0.3) is 0 Å². The van der Waals surface area contributed by atoms with E-state index in [4.69, 9.17) is 4.74 Å². The molecule has 2 fully saturated rings. The molecule has 31 heavy (non-hydrogen) atoms. The fourth-order valence-electron chi connectivity index (χ4n) is 5.97. The van der Waals surface area contributed by atoms with Crippen molar-refractivity contribution < 1.29 is 9.13 Å². The summed E-state index contributed by atoms with van der Waals surface area (Å²) in [5, 5.41) is 0. The lowest BCUT2D eigenvalue weighted by Gasteiger charge is -2.38. The van der Waals surface area contributed by atoms with E-state index < -0.39 is 0 Å². The van der Waals surface area contributed by atoms with Crippen molar-refractivity contribution in [2.75, 3.05) is 0 Å². The first-order valence-corrected chi connectivity index (χ1v) is 12.7. The lowest BCUT2D eigenvalue weighted by Crippen LogP contribution is -2.25. The molecule has 0 bridgehead atoms. The highest BCUT2D eigenvalue weighted by molar-refractivity contribution is 5.31. The molecule has 2 heteroatoms. The SMILES string of the molecule is CCCCC1CCC(C2CCC(c3cccc(OCc4ccc(F)cc4)c3)CC2)CC1. The third kappa shape index (κ3) is 6.34. The minimum Gasteiger partial charge on any atom is -0.489 e. The maximum Gasteiger partial charge on any atom is 0.123 e. The predicted octanol–water partition coefficient (Wildman–Crippen LogP) is 8.68. The van der Waals surface area contributed by atoms with E-state index in [-0.39, 0.29) is 5.82 Å². The number of ether oxygens (including phenoxy) is 1. The molecule has 2 aliphatic rings. The predicted molar refractivity (Wildman–Crippen MR) is 127 cm³/mol. The van der Waals surface area contributed by atoms with Gasteiger partial charge in [-0.25, -0.2) is 4.39 Å². The molecule has 0 amide bonds. The minimum absolute atomic E-state index is 0.203. The molecule has 0 atom stereocenters. The first kappa shape index (κ1) is 22.4. The Balaban J connectivity index is 1.24. The van der Waals surface area contributed by atoms with E-state index in [9.17, 15) is 4.39 Å². The molecule has 168 valence electrons. The summed E-state index contributed by atoms with van der Waals surface area (Å²) in [6, 6.07) is 15.2. The summed E-state index contributed by atoms with van der Waals surface area (Å²) in [4.78, 5) is 0. The molecule has 0 N–H and O–H groups in total. The molecule has 0 aliphatic heterocycles. The molecule has 0 heterocycles. The van der Waals surface area contributed by atoms with Gasteiger partial charge in [-0.15, -0.1) is 0 Å². The lowest BCUT2D eigenvalue weighted by atomic mass is 9.68. The average Bonchev–Trinajstić information content (AvgIpc) is 2.83. The highest BCUT2D eigenvalue weighted by atomic mass is 19.1. The van der Waals surface area contributed by atoms with Crippen LogP contribution in [0.5, 0.6) is 5.75 Å². The van der Waals surface area contributed by atoms with E-state index in [1.807, 2.05) is 6.07 Å². The highest BCUT2D eigenvalue weighted by Crippen LogP contribution is 2.44. The molecule has 1 nitrogen and oxygen atoms in total. The number of benzene rings is 2. The van der Waals surface area contributed by atoms with Gasteiger partial charge in [0.05, 0.1) is 0 Å². The Morgan fingerprint density at radius 1 is 0.839 bits per heavy atom. The normalized spacial score (nSPS) is 26.5. The number of rotatable bonds is 8. The smallest absolute Gasteiger partial charge is 0.123 e. The summed E-state index contributed by atoms with van der Waals surface area (Å²) in [7, 11) is 0. The van der Waals surface area contributed by atoms with Crippen molar-refractivity contribution in [1.82, 2.24) is 0 Å². The summed E-state index contributed by atoms with van der Waals surface area (Å²) >= 11 is 0. The van der Waals surface area contributed by atoms with Gasteiger partial charge in [0.2, 0.25) is 0 Å². The third-order valence-corrected chi connectivity index (χ3v) is 7.94. The van der Waals surface area contributed by atoms with Gasteiger partial charge in [0.25, 0.3) is 0 Å². The molecule has 0 spiro atoms. The summed E-state index contributed by atoms with van der Waals surface area (Å²) in [6.07, 6.45) is 15.6. The zero-order valence-corrected chi connectivity index (χ0v) is 19.2. The molecule has 0 radical (unpaired) electrons. The van der Waals surface area contributed by atoms with Crippen LogP contribution >= 0.6 is 0 Å². The summed E-state index contributed by atoms with van der Waals surface area (Å²) in [6.45, 7) is 2.80. The van der Waals surface area contributed by atoms with E-state index in [0.29, 0.717) is 12.5 Å². The Bertz CT molecular complexity index is 783. The zero-order valence-electron chi connectivity index (χ0n) is 19.2. The molecular formula is C29H39FO. The Morgan fingerprint density at radius 3 is 2.19 bits per heavy atom. The first-order chi connectivity index (χ1) is 15.2. The van der Waals surface area contributed by atoms with Gasteiger partial charge < -0.3 is 4.74 Å². The van der Waals surface area contributed by atoms with Gasteiger partial charge in [-0.05, 0) is 97.6 Å². The van der Waals surface area contributed by atoms with Crippen LogP contribution in [-0.4, -0.2) is 0 Å². The molecule has 0 aromatic heterocycles. The number of halogens is 1. The topological polar surface area (TPSA) is 9.23 Å². The second-order valence-electron chi connectivity index (χ2n) is 10.0. The van der Waals surface area contributed by atoms with Crippen LogP contribution in [0.4, 0.5) is 4.39 Å². The highest BCUT2D eigenvalue weighted by Gasteiger charge is 2.31. The number of hydrogen-bond donors (Lipinski definition) is 0. The largest absolute Gasteiger partial charge is 0.489 e. The van der Waals surface area contributed by atoms with Crippen LogP contribution in [0.3, 0.4) is 0 Å². The lowest BCUT2D eigenvalue weighted by molar-refractivity contribution is 0.156. The quantitative estimate of drug-likeness (QED) is 0.413. The average molecular weight is 423 g/mol. The van der Waals surface area contributed by atoms with Crippen molar-refractivity contribution in [2.24, 2.45) is 17.8 Å². The third-order valence-electron chi connectivity index (χ3n) is 7.94. The molecular weight excluding hydrogens is 383 g/mol. The first-order valence-electron chi connectivity index (χ1n) is 12.7. The standard InChI is InChI=1S/C29H39FO/c1-2-3-5-22-8-12-24(13-9-22)25-14-16-26(17-15-25)27-6-4-7-29(20-27)31-21-23-10-18-28(30)19-11-23/h4,6-7,10-11,18-20,22,24-26H,2-3,5,8-9,12-17,21H2,1H3. The second kappa shape index (κ2) is 11.2. The van der Waals surface area contributed by atoms with Crippen molar-refractivity contribution >= 4 is 0 Å². The maximum atomic E-state index is 13.1. The summed E-state index contributed by atoms with van der Waals surface area (Å²) < 4.78 is 19.1. The monoisotopic (exact) mass is 422 g/mol. The summed E-state index contributed by atoms with van der Waals surface area (Å²) in [5.41, 5.74) is 2.43. The molecule has 2 saturated carbocycles. The Hall–Kier alpha value is -1.83. The van der Waals surface area contributed by atoms with Crippen LogP contribution < -0.4 is 4.74 Å². The van der Waals surface area contributed by atoms with E-state index in [1.165, 1.54) is 88.3 Å². The molecule has 2 aromatic rings. The van der Waals surface area contributed by atoms with Crippen LogP contribution in [0.15, 0.2) is 48.5 Å². The minimum atomic E-state index is -0.203. The van der Waals surface area contributed by atoms with Gasteiger partial charge in [-0.3, -0.25) is 0 Å². The van der Waals surface area contributed by atoms with Gasteiger partial charge in [0, 0.05) is 0 Å². The van der Waals surface area contributed by atoms with Crippen molar-refractivity contribution in [1.29, 1.82) is 0 Å². The Labute approximate surface area is 188 Å². The maximum absolute atomic E-state index is 13.1. The van der Waals surface area contributed by atoms with Crippen LogP contribution in [0, 0.1) is 23.6 Å². The van der Waals surface area contributed by atoms with Crippen molar-refractivity contribution in [3.05, 3.63) is 65.5 Å². The van der Waals surface area contributed by atoms with Crippen molar-refractivity contribution in [3.63, 3.8) is 0 Å². The van der Waals surface area contributed by atoms with E-state index >= 15 is 0 Å². The molecule has 4 rings (SSSR count). The van der Waals surface area contributed by atoms with Gasteiger partial charge >= 0.3 is 0 Å². The van der Waals surface area contributed by atoms with E-state index in [2.05, 4.69) is 25.1 Å². The number of hydrogen-bond acceptors (Lipinski definition) is 1. The van der Waals surface area contributed by atoms with Gasteiger partial charge in [-0.1, -0.05) is 63.3 Å². The summed E-state index contributed by atoms with van der Waals surface area (Å²) in [5.74, 6) is 4.36. The Morgan fingerprint density at radius 2 is 1.52 bits per heavy atom. The molecule has 2 aliphatic carbocycles. The molecule has 0 unspecified atom stereocenters. The van der Waals surface area contributed by atoms with Gasteiger partial charge in [-0.2, -0.15) is 0 Å². The number of unbranched alkanes of at least 4 members (excludes halogenated alkanes) is 1. The Kier molecular flexibility index (Phi) is 8.05. The second-order valence-corrected chi connectivity index (χ2v) is 10.0. The van der Waals surface area contributed by atoms with E-state index in [0.717, 1.165) is 29.1 Å². The fourth-order valence-corrected chi connectivity index (χ4v) is 5.97. The van der Waals surface area contributed by atoms with Crippen molar-refractivity contribution in [2.45, 2.75) is 90.1 Å². The zero-order chi connectivity index (χ0) is 21.5. The van der Waals surface area contributed by atoms with E-state index in [1.54, 1.807) is 12.1 Å². The van der Waals surface area contributed by atoms with Crippen molar-refractivity contribution in [3.8, 4) is 5.75 Å². The van der Waals surface area contributed by atoms with Crippen LogP contribution in [0.1, 0.15) is 94.6 Å². The van der Waals surface area contributed by atoms with Crippen LogP contribution in [0.2, 0.25) is 0 Å². The van der Waals surface area contributed by atoms with Gasteiger partial charge in [0.1, 0.15) is 18.2 Å². The molecule has 0 saturated heterocycles. The fraction of sp³-hybridized carbons (Fsp3) is 0.586.